The second-order valence-electron chi connectivity index (χ2n) is 3.33. The van der Waals surface area contributed by atoms with Crippen molar-refractivity contribution in [2.45, 2.75) is 18.9 Å². The van der Waals surface area contributed by atoms with Gasteiger partial charge in [0.05, 0.1) is 0 Å². The zero-order valence-corrected chi connectivity index (χ0v) is 9.74. The van der Waals surface area contributed by atoms with Gasteiger partial charge in [-0.1, -0.05) is 11.3 Å². The summed E-state index contributed by atoms with van der Waals surface area (Å²) in [6.45, 7) is 0. The standard InChI is InChI=1S/C8H12N4OS2/c9-8-12-11-7(15-8)6(13)10-5-2-1-3-14-4-5/h5H,1-4H2,(H2,9,12)(H,10,13). The summed E-state index contributed by atoms with van der Waals surface area (Å²) in [7, 11) is 0. The quantitative estimate of drug-likeness (QED) is 0.802. The molecule has 2 rings (SSSR count). The van der Waals surface area contributed by atoms with Crippen molar-refractivity contribution in [2.75, 3.05) is 17.2 Å². The molecule has 1 aliphatic heterocycles. The Balaban J connectivity index is 1.91. The van der Waals surface area contributed by atoms with Crippen molar-refractivity contribution in [2.24, 2.45) is 0 Å². The predicted octanol–water partition coefficient (Wildman–Crippen LogP) is 0.746. The van der Waals surface area contributed by atoms with Gasteiger partial charge in [0.2, 0.25) is 10.1 Å². The molecule has 3 N–H and O–H groups in total. The van der Waals surface area contributed by atoms with Crippen LogP contribution in [0.2, 0.25) is 0 Å². The lowest BCUT2D eigenvalue weighted by Crippen LogP contribution is -2.38. The predicted molar refractivity (Wildman–Crippen MR) is 62.1 cm³/mol. The van der Waals surface area contributed by atoms with Gasteiger partial charge in [-0.05, 0) is 18.6 Å². The third-order valence-corrected chi connectivity index (χ3v) is 4.10. The van der Waals surface area contributed by atoms with E-state index in [1.807, 2.05) is 11.8 Å². The number of aromatic nitrogens is 2. The largest absolute Gasteiger partial charge is 0.374 e. The summed E-state index contributed by atoms with van der Waals surface area (Å²) in [6.07, 6.45) is 2.21. The van der Waals surface area contributed by atoms with E-state index in [1.54, 1.807) is 0 Å². The lowest BCUT2D eigenvalue weighted by molar-refractivity contribution is 0.0937. The highest BCUT2D eigenvalue weighted by Crippen LogP contribution is 2.18. The Hall–Kier alpha value is -0.820. The van der Waals surface area contributed by atoms with Crippen LogP contribution < -0.4 is 11.1 Å². The molecule has 1 aromatic rings. The molecule has 1 saturated heterocycles. The van der Waals surface area contributed by atoms with Crippen LogP contribution >= 0.6 is 23.1 Å². The molecule has 0 saturated carbocycles. The van der Waals surface area contributed by atoms with Crippen LogP contribution in [0.25, 0.3) is 0 Å². The molecule has 5 nitrogen and oxygen atoms in total. The van der Waals surface area contributed by atoms with Gasteiger partial charge >= 0.3 is 0 Å². The minimum Gasteiger partial charge on any atom is -0.374 e. The summed E-state index contributed by atoms with van der Waals surface area (Å²) >= 11 is 2.99. The van der Waals surface area contributed by atoms with Crippen molar-refractivity contribution in [1.29, 1.82) is 0 Å². The zero-order valence-electron chi connectivity index (χ0n) is 8.10. The second kappa shape index (κ2) is 4.80. The van der Waals surface area contributed by atoms with Crippen LogP contribution in [0.4, 0.5) is 5.13 Å². The molecule has 82 valence electrons. The molecule has 1 amide bonds. The summed E-state index contributed by atoms with van der Waals surface area (Å²) in [6, 6.07) is 0.265. The van der Waals surface area contributed by atoms with Gasteiger partial charge in [0.15, 0.2) is 0 Å². The van der Waals surface area contributed by atoms with E-state index < -0.39 is 0 Å². The van der Waals surface area contributed by atoms with Crippen molar-refractivity contribution in [1.82, 2.24) is 15.5 Å². The first kappa shape index (κ1) is 10.7. The summed E-state index contributed by atoms with van der Waals surface area (Å²) in [5, 5.41) is 10.9. The van der Waals surface area contributed by atoms with Gasteiger partial charge in [-0.15, -0.1) is 10.2 Å². The summed E-state index contributed by atoms with van der Waals surface area (Å²) in [5.74, 6) is 2.02. The Bertz CT molecular complexity index is 348. The Kier molecular flexibility index (Phi) is 3.42. The maximum Gasteiger partial charge on any atom is 0.282 e. The molecule has 0 radical (unpaired) electrons. The lowest BCUT2D eigenvalue weighted by atomic mass is 10.2. The Morgan fingerprint density at radius 3 is 3.00 bits per heavy atom. The molecular formula is C8H12N4OS2. The molecule has 0 spiro atoms. The fourth-order valence-electron chi connectivity index (χ4n) is 1.43. The average Bonchev–Trinajstić information content (AvgIpc) is 2.66. The summed E-state index contributed by atoms with van der Waals surface area (Å²) in [4.78, 5) is 11.7. The highest BCUT2D eigenvalue weighted by molar-refractivity contribution is 7.99. The van der Waals surface area contributed by atoms with Gasteiger partial charge in [0.25, 0.3) is 5.91 Å². The normalized spacial score (nSPS) is 21.2. The van der Waals surface area contributed by atoms with Gasteiger partial charge in [-0.25, -0.2) is 0 Å². The van der Waals surface area contributed by atoms with E-state index in [-0.39, 0.29) is 11.9 Å². The smallest absolute Gasteiger partial charge is 0.282 e. The highest BCUT2D eigenvalue weighted by Gasteiger charge is 2.19. The molecule has 1 aromatic heterocycles. The number of rotatable bonds is 2. The van der Waals surface area contributed by atoms with Crippen LogP contribution in [0, 0.1) is 0 Å². The molecule has 7 heteroatoms. The molecule has 1 aliphatic rings. The molecular weight excluding hydrogens is 232 g/mol. The number of anilines is 1. The van der Waals surface area contributed by atoms with Gasteiger partial charge in [0.1, 0.15) is 0 Å². The molecule has 15 heavy (non-hydrogen) atoms. The molecule has 0 aliphatic carbocycles. The van der Waals surface area contributed by atoms with E-state index >= 15 is 0 Å². The highest BCUT2D eigenvalue weighted by atomic mass is 32.2. The Labute approximate surface area is 95.8 Å². The fourth-order valence-corrected chi connectivity index (χ4v) is 3.01. The monoisotopic (exact) mass is 244 g/mol. The Morgan fingerprint density at radius 2 is 2.40 bits per heavy atom. The summed E-state index contributed by atoms with van der Waals surface area (Å²) < 4.78 is 0. The number of nitrogens with zero attached hydrogens (tertiary/aromatic N) is 2. The molecule has 1 fully saturated rings. The number of carbonyl (C=O) groups is 1. The molecule has 1 atom stereocenters. The van der Waals surface area contributed by atoms with E-state index in [0.717, 1.165) is 29.9 Å². The van der Waals surface area contributed by atoms with Crippen LogP contribution in [0.1, 0.15) is 22.6 Å². The maximum absolute atomic E-state index is 11.7. The zero-order chi connectivity index (χ0) is 10.7. The topological polar surface area (TPSA) is 80.9 Å². The molecule has 1 unspecified atom stereocenters. The number of nitrogens with two attached hydrogens (primary N) is 1. The number of carbonyl (C=O) groups excluding carboxylic acids is 1. The minimum absolute atomic E-state index is 0.156. The molecule has 2 heterocycles. The van der Waals surface area contributed by atoms with Crippen LogP contribution in [0.15, 0.2) is 0 Å². The van der Waals surface area contributed by atoms with Crippen molar-refractivity contribution in [3.63, 3.8) is 0 Å². The van der Waals surface area contributed by atoms with Gasteiger partial charge in [-0.3, -0.25) is 4.79 Å². The third kappa shape index (κ3) is 2.82. The number of amides is 1. The number of nitrogen functional groups attached to an aromatic ring is 1. The van der Waals surface area contributed by atoms with Crippen molar-refractivity contribution >= 4 is 34.1 Å². The van der Waals surface area contributed by atoms with Gasteiger partial charge < -0.3 is 11.1 Å². The van der Waals surface area contributed by atoms with Crippen molar-refractivity contribution < 1.29 is 4.79 Å². The number of nitrogens with one attached hydrogen (secondary N) is 1. The van der Waals surface area contributed by atoms with Crippen LogP contribution in [0.3, 0.4) is 0 Å². The first-order valence-electron chi connectivity index (χ1n) is 4.73. The van der Waals surface area contributed by atoms with E-state index in [9.17, 15) is 4.79 Å². The van der Waals surface area contributed by atoms with E-state index in [0.29, 0.717) is 10.1 Å². The Morgan fingerprint density at radius 1 is 1.53 bits per heavy atom. The van der Waals surface area contributed by atoms with Crippen LogP contribution in [-0.4, -0.2) is 33.7 Å². The maximum atomic E-state index is 11.7. The van der Waals surface area contributed by atoms with Crippen molar-refractivity contribution in [3.8, 4) is 0 Å². The third-order valence-electron chi connectivity index (χ3n) is 2.13. The SMILES string of the molecule is Nc1nnc(C(=O)NC2CCCSC2)s1. The number of thioether (sulfide) groups is 1. The van der Waals surface area contributed by atoms with Gasteiger partial charge in [-0.2, -0.15) is 11.8 Å². The molecule has 0 bridgehead atoms. The lowest BCUT2D eigenvalue weighted by Gasteiger charge is -2.21. The number of hydrogen-bond donors (Lipinski definition) is 2. The van der Waals surface area contributed by atoms with Crippen LogP contribution in [-0.2, 0) is 0 Å². The fraction of sp³-hybridized carbons (Fsp3) is 0.625. The van der Waals surface area contributed by atoms with E-state index in [4.69, 9.17) is 5.73 Å². The summed E-state index contributed by atoms with van der Waals surface area (Å²) in [5.41, 5.74) is 5.41. The average molecular weight is 244 g/mol. The van der Waals surface area contributed by atoms with Gasteiger partial charge in [0, 0.05) is 11.8 Å². The molecule has 0 aromatic carbocycles. The minimum atomic E-state index is -0.156. The first-order valence-corrected chi connectivity index (χ1v) is 6.70. The van der Waals surface area contributed by atoms with E-state index in [1.165, 1.54) is 5.75 Å². The van der Waals surface area contributed by atoms with E-state index in [2.05, 4.69) is 15.5 Å². The van der Waals surface area contributed by atoms with Crippen LogP contribution in [0.5, 0.6) is 0 Å². The number of hydrogen-bond acceptors (Lipinski definition) is 6. The van der Waals surface area contributed by atoms with Crippen molar-refractivity contribution in [3.05, 3.63) is 5.01 Å². The first-order chi connectivity index (χ1) is 7.25. The second-order valence-corrected chi connectivity index (χ2v) is 5.49.